The summed E-state index contributed by atoms with van der Waals surface area (Å²) in [5.74, 6) is 0.878. The van der Waals surface area contributed by atoms with Crippen LogP contribution in [-0.4, -0.2) is 20.0 Å². The Labute approximate surface area is 125 Å². The molecule has 0 heterocycles. The van der Waals surface area contributed by atoms with Gasteiger partial charge in [-0.15, -0.1) is 0 Å². The Morgan fingerprint density at radius 3 is 2.40 bits per heavy atom. The zero-order chi connectivity index (χ0) is 14.7. The Bertz CT molecular complexity index is 656. The molecule has 4 nitrogen and oxygen atoms in total. The van der Waals surface area contributed by atoms with Crippen molar-refractivity contribution in [3.63, 3.8) is 0 Å². The number of carbonyl (C=O) groups excluding carboxylic acids is 1. The summed E-state index contributed by atoms with van der Waals surface area (Å²) in [6.07, 6.45) is 0. The van der Waals surface area contributed by atoms with Gasteiger partial charge in [0.1, 0.15) is 11.5 Å². The first kappa shape index (κ1) is 14.4. The summed E-state index contributed by atoms with van der Waals surface area (Å²) in [5.41, 5.74) is 7.19. The van der Waals surface area contributed by atoms with Crippen molar-refractivity contribution in [1.82, 2.24) is 0 Å². The molecule has 0 unspecified atom stereocenters. The van der Waals surface area contributed by atoms with Gasteiger partial charge in [0, 0.05) is 11.3 Å². The first-order valence-electron chi connectivity index (χ1n) is 5.88. The van der Waals surface area contributed by atoms with Crippen molar-refractivity contribution >= 4 is 27.4 Å². The molecule has 20 heavy (non-hydrogen) atoms. The van der Waals surface area contributed by atoms with E-state index in [4.69, 9.17) is 15.2 Å². The summed E-state index contributed by atoms with van der Waals surface area (Å²) in [4.78, 5) is 12.6. The number of hydrogen-bond acceptors (Lipinski definition) is 4. The highest BCUT2D eigenvalue weighted by molar-refractivity contribution is 9.10. The smallest absolute Gasteiger partial charge is 0.196 e. The van der Waals surface area contributed by atoms with Crippen molar-refractivity contribution in [2.45, 2.75) is 0 Å². The van der Waals surface area contributed by atoms with E-state index < -0.39 is 0 Å². The quantitative estimate of drug-likeness (QED) is 0.688. The Kier molecular flexibility index (Phi) is 4.29. The number of hydrogen-bond donors (Lipinski definition) is 1. The molecular weight excluding hydrogens is 322 g/mol. The molecular formula is C15H14BrNO3. The number of methoxy groups -OCH3 is 2. The summed E-state index contributed by atoms with van der Waals surface area (Å²) in [6.45, 7) is 0. The van der Waals surface area contributed by atoms with E-state index in [9.17, 15) is 4.79 Å². The second-order valence-electron chi connectivity index (χ2n) is 4.14. The van der Waals surface area contributed by atoms with E-state index in [1.807, 2.05) is 0 Å². The SMILES string of the molecule is COc1cc(C(=O)c2cccc(N)c2)c(OC)cc1Br. The van der Waals surface area contributed by atoms with Gasteiger partial charge in [0.2, 0.25) is 0 Å². The zero-order valence-corrected chi connectivity index (χ0v) is 12.7. The highest BCUT2D eigenvalue weighted by Crippen LogP contribution is 2.34. The van der Waals surface area contributed by atoms with E-state index in [0.29, 0.717) is 28.3 Å². The van der Waals surface area contributed by atoms with Crippen LogP contribution in [0.2, 0.25) is 0 Å². The van der Waals surface area contributed by atoms with Gasteiger partial charge < -0.3 is 15.2 Å². The minimum absolute atomic E-state index is 0.167. The van der Waals surface area contributed by atoms with Crippen molar-refractivity contribution in [2.75, 3.05) is 20.0 Å². The summed E-state index contributed by atoms with van der Waals surface area (Å²) in [5, 5.41) is 0. The number of ether oxygens (including phenoxy) is 2. The first-order valence-corrected chi connectivity index (χ1v) is 6.68. The first-order chi connectivity index (χ1) is 9.56. The molecule has 5 heteroatoms. The zero-order valence-electron chi connectivity index (χ0n) is 11.1. The van der Waals surface area contributed by atoms with Gasteiger partial charge in [-0.05, 0) is 40.2 Å². The number of benzene rings is 2. The van der Waals surface area contributed by atoms with Crippen LogP contribution in [0, 0.1) is 0 Å². The fourth-order valence-electron chi connectivity index (χ4n) is 1.87. The van der Waals surface area contributed by atoms with Gasteiger partial charge in [0.15, 0.2) is 5.78 Å². The standard InChI is InChI=1S/C15H14BrNO3/c1-19-13-8-12(16)14(20-2)7-11(13)15(18)9-4-3-5-10(17)6-9/h3-8H,17H2,1-2H3. The third-order valence-electron chi connectivity index (χ3n) is 2.87. The molecule has 0 radical (unpaired) electrons. The Morgan fingerprint density at radius 1 is 1.10 bits per heavy atom. The van der Waals surface area contributed by atoms with Gasteiger partial charge in [-0.25, -0.2) is 0 Å². The van der Waals surface area contributed by atoms with Crippen LogP contribution in [0.15, 0.2) is 40.9 Å². The van der Waals surface area contributed by atoms with Gasteiger partial charge >= 0.3 is 0 Å². The predicted molar refractivity (Wildman–Crippen MR) is 81.5 cm³/mol. The molecule has 0 saturated heterocycles. The fourth-order valence-corrected chi connectivity index (χ4v) is 2.36. The monoisotopic (exact) mass is 335 g/mol. The molecule has 2 N–H and O–H groups in total. The van der Waals surface area contributed by atoms with Gasteiger partial charge in [-0.2, -0.15) is 0 Å². The summed E-state index contributed by atoms with van der Waals surface area (Å²) in [6, 6.07) is 10.2. The van der Waals surface area contributed by atoms with Crippen LogP contribution in [0.1, 0.15) is 15.9 Å². The maximum Gasteiger partial charge on any atom is 0.196 e. The largest absolute Gasteiger partial charge is 0.496 e. The van der Waals surface area contributed by atoms with Gasteiger partial charge in [0.25, 0.3) is 0 Å². The molecule has 2 aromatic rings. The minimum Gasteiger partial charge on any atom is -0.496 e. The second-order valence-corrected chi connectivity index (χ2v) is 5.00. The van der Waals surface area contributed by atoms with Crippen LogP contribution in [0.25, 0.3) is 0 Å². The summed E-state index contributed by atoms with van der Waals surface area (Å²) < 4.78 is 11.2. The number of nitrogen functional groups attached to an aromatic ring is 1. The van der Waals surface area contributed by atoms with Gasteiger partial charge in [0.05, 0.1) is 24.3 Å². The predicted octanol–water partition coefficient (Wildman–Crippen LogP) is 3.28. The minimum atomic E-state index is -0.167. The van der Waals surface area contributed by atoms with Crippen molar-refractivity contribution in [3.05, 3.63) is 52.0 Å². The molecule has 0 bridgehead atoms. The van der Waals surface area contributed by atoms with E-state index in [1.165, 1.54) is 7.11 Å². The number of ketones is 1. The van der Waals surface area contributed by atoms with Crippen LogP contribution in [0.3, 0.4) is 0 Å². The maximum atomic E-state index is 12.6. The molecule has 0 aliphatic carbocycles. The van der Waals surface area contributed by atoms with Crippen molar-refractivity contribution in [1.29, 1.82) is 0 Å². The molecule has 2 aromatic carbocycles. The van der Waals surface area contributed by atoms with E-state index in [2.05, 4.69) is 15.9 Å². The third-order valence-corrected chi connectivity index (χ3v) is 3.49. The van der Waals surface area contributed by atoms with Crippen LogP contribution in [-0.2, 0) is 0 Å². The van der Waals surface area contributed by atoms with E-state index in [-0.39, 0.29) is 5.78 Å². The molecule has 0 aliphatic rings. The van der Waals surface area contributed by atoms with Crippen molar-refractivity contribution < 1.29 is 14.3 Å². The molecule has 0 saturated carbocycles. The van der Waals surface area contributed by atoms with Crippen LogP contribution < -0.4 is 15.2 Å². The number of carbonyl (C=O) groups is 1. The van der Waals surface area contributed by atoms with E-state index >= 15 is 0 Å². The van der Waals surface area contributed by atoms with E-state index in [1.54, 1.807) is 43.5 Å². The van der Waals surface area contributed by atoms with Crippen LogP contribution in [0.5, 0.6) is 11.5 Å². The summed E-state index contributed by atoms with van der Waals surface area (Å²) >= 11 is 3.36. The number of nitrogens with two attached hydrogens (primary N) is 1. The van der Waals surface area contributed by atoms with Gasteiger partial charge in [-0.3, -0.25) is 4.79 Å². The normalized spacial score (nSPS) is 10.2. The Hall–Kier alpha value is -2.01. The molecule has 0 aliphatic heterocycles. The fraction of sp³-hybridized carbons (Fsp3) is 0.133. The lowest BCUT2D eigenvalue weighted by atomic mass is 10.0. The maximum absolute atomic E-state index is 12.6. The number of rotatable bonds is 4. The van der Waals surface area contributed by atoms with Gasteiger partial charge in [-0.1, -0.05) is 12.1 Å². The highest BCUT2D eigenvalue weighted by Gasteiger charge is 2.18. The topological polar surface area (TPSA) is 61.5 Å². The van der Waals surface area contributed by atoms with Crippen LogP contribution in [0.4, 0.5) is 5.69 Å². The summed E-state index contributed by atoms with van der Waals surface area (Å²) in [7, 11) is 3.06. The van der Waals surface area contributed by atoms with Crippen LogP contribution >= 0.6 is 15.9 Å². The molecule has 0 atom stereocenters. The van der Waals surface area contributed by atoms with Crippen molar-refractivity contribution in [2.24, 2.45) is 0 Å². The number of halogens is 1. The Balaban J connectivity index is 2.53. The van der Waals surface area contributed by atoms with Crippen molar-refractivity contribution in [3.8, 4) is 11.5 Å². The molecule has 0 spiro atoms. The van der Waals surface area contributed by atoms with E-state index in [0.717, 1.165) is 4.47 Å². The lowest BCUT2D eigenvalue weighted by Crippen LogP contribution is -2.05. The average Bonchev–Trinajstić information content (AvgIpc) is 2.46. The lowest BCUT2D eigenvalue weighted by molar-refractivity contribution is 0.103. The second kappa shape index (κ2) is 5.96. The lowest BCUT2D eigenvalue weighted by Gasteiger charge is -2.11. The molecule has 2 rings (SSSR count). The Morgan fingerprint density at radius 2 is 1.80 bits per heavy atom. The average molecular weight is 336 g/mol. The molecule has 0 fully saturated rings. The molecule has 104 valence electrons. The number of anilines is 1. The molecule has 0 amide bonds. The molecule has 0 aromatic heterocycles. The third kappa shape index (κ3) is 2.77. The highest BCUT2D eigenvalue weighted by atomic mass is 79.9.